The van der Waals surface area contributed by atoms with Crippen molar-refractivity contribution in [2.75, 3.05) is 6.54 Å². The van der Waals surface area contributed by atoms with Crippen LogP contribution in [-0.4, -0.2) is 16.3 Å². The average molecular weight is 275 g/mol. The van der Waals surface area contributed by atoms with Crippen molar-refractivity contribution in [2.24, 2.45) is 5.92 Å². The van der Waals surface area contributed by atoms with E-state index in [9.17, 15) is 4.39 Å². The fraction of sp³-hybridized carbons (Fsp3) is 0.438. The Balaban J connectivity index is 1.99. The zero-order valence-corrected chi connectivity index (χ0v) is 12.4. The van der Waals surface area contributed by atoms with Gasteiger partial charge >= 0.3 is 0 Å². The summed E-state index contributed by atoms with van der Waals surface area (Å²) in [4.78, 5) is 0. The van der Waals surface area contributed by atoms with Crippen molar-refractivity contribution in [3.63, 3.8) is 0 Å². The highest BCUT2D eigenvalue weighted by molar-refractivity contribution is 5.20. The fourth-order valence-corrected chi connectivity index (χ4v) is 2.08. The molecular formula is C16H22FN3. The molecule has 0 aliphatic rings. The second-order valence-corrected chi connectivity index (χ2v) is 5.56. The van der Waals surface area contributed by atoms with Crippen LogP contribution in [0.5, 0.6) is 0 Å². The molecule has 0 unspecified atom stereocenters. The van der Waals surface area contributed by atoms with Crippen LogP contribution >= 0.6 is 0 Å². The second kappa shape index (κ2) is 6.66. The van der Waals surface area contributed by atoms with Gasteiger partial charge in [0.15, 0.2) is 0 Å². The molecule has 2 rings (SSSR count). The first-order valence-corrected chi connectivity index (χ1v) is 7.02. The molecule has 0 fully saturated rings. The Kier molecular flexibility index (Phi) is 4.90. The van der Waals surface area contributed by atoms with Crippen molar-refractivity contribution in [3.05, 3.63) is 53.1 Å². The Hall–Kier alpha value is -1.68. The average Bonchev–Trinajstić information content (AvgIpc) is 2.74. The molecule has 0 atom stereocenters. The van der Waals surface area contributed by atoms with Gasteiger partial charge < -0.3 is 5.32 Å². The Bertz CT molecular complexity index is 543. The van der Waals surface area contributed by atoms with Gasteiger partial charge in [-0.3, -0.25) is 4.68 Å². The molecule has 0 spiro atoms. The number of halogens is 1. The quantitative estimate of drug-likeness (QED) is 0.878. The smallest absolute Gasteiger partial charge is 0.123 e. The van der Waals surface area contributed by atoms with Crippen LogP contribution in [0.15, 0.2) is 30.5 Å². The minimum absolute atomic E-state index is 0.204. The monoisotopic (exact) mass is 275 g/mol. The number of nitrogens with zero attached hydrogens (tertiary/aromatic N) is 2. The first kappa shape index (κ1) is 14.7. The van der Waals surface area contributed by atoms with Gasteiger partial charge in [0.1, 0.15) is 5.82 Å². The molecular weight excluding hydrogens is 253 g/mol. The van der Waals surface area contributed by atoms with Crippen LogP contribution in [0.1, 0.15) is 30.7 Å². The molecule has 0 bridgehead atoms. The highest BCUT2D eigenvalue weighted by Crippen LogP contribution is 2.11. The third-order valence-corrected chi connectivity index (χ3v) is 3.32. The molecule has 1 aromatic heterocycles. The molecule has 0 radical (unpaired) electrons. The summed E-state index contributed by atoms with van der Waals surface area (Å²) < 4.78 is 14.8. The predicted octanol–water partition coefficient (Wildman–Crippen LogP) is 3.12. The molecule has 0 aliphatic carbocycles. The molecule has 0 saturated heterocycles. The summed E-state index contributed by atoms with van der Waals surface area (Å²) in [6.45, 7) is 8.98. The van der Waals surface area contributed by atoms with Gasteiger partial charge in [-0.05, 0) is 37.1 Å². The van der Waals surface area contributed by atoms with Crippen molar-refractivity contribution in [2.45, 2.75) is 33.9 Å². The molecule has 108 valence electrons. The number of hydrogen-bond donors (Lipinski definition) is 1. The molecule has 3 nitrogen and oxygen atoms in total. The van der Waals surface area contributed by atoms with Crippen molar-refractivity contribution in [3.8, 4) is 0 Å². The third kappa shape index (κ3) is 3.90. The van der Waals surface area contributed by atoms with Gasteiger partial charge in [-0.15, -0.1) is 0 Å². The molecule has 4 heteroatoms. The van der Waals surface area contributed by atoms with Crippen molar-refractivity contribution < 1.29 is 4.39 Å². The van der Waals surface area contributed by atoms with E-state index in [0.717, 1.165) is 24.3 Å². The van der Waals surface area contributed by atoms with Gasteiger partial charge in [-0.2, -0.15) is 5.10 Å². The summed E-state index contributed by atoms with van der Waals surface area (Å²) in [7, 11) is 0. The predicted molar refractivity (Wildman–Crippen MR) is 79.0 cm³/mol. The molecule has 20 heavy (non-hydrogen) atoms. The van der Waals surface area contributed by atoms with Crippen molar-refractivity contribution in [1.82, 2.24) is 15.1 Å². The standard InChI is InChI=1S/C16H22FN3/c1-12(2)8-18-9-15-10-19-20(13(15)3)11-14-4-6-16(17)7-5-14/h4-7,10,12,18H,8-9,11H2,1-3H3. The lowest BCUT2D eigenvalue weighted by Gasteiger charge is -2.08. The van der Waals surface area contributed by atoms with Gasteiger partial charge in [0.25, 0.3) is 0 Å². The molecule has 0 amide bonds. The zero-order chi connectivity index (χ0) is 14.5. The number of nitrogens with one attached hydrogen (secondary N) is 1. The molecule has 0 aliphatic heterocycles. The van der Waals surface area contributed by atoms with Crippen molar-refractivity contribution >= 4 is 0 Å². The lowest BCUT2D eigenvalue weighted by Crippen LogP contribution is -2.19. The zero-order valence-electron chi connectivity index (χ0n) is 12.4. The Morgan fingerprint density at radius 2 is 1.95 bits per heavy atom. The minimum Gasteiger partial charge on any atom is -0.312 e. The van der Waals surface area contributed by atoms with Crippen LogP contribution in [0.25, 0.3) is 0 Å². The number of rotatable bonds is 6. The van der Waals surface area contributed by atoms with Crippen LogP contribution in [0, 0.1) is 18.7 Å². The van der Waals surface area contributed by atoms with E-state index in [1.54, 1.807) is 12.1 Å². The van der Waals surface area contributed by atoms with E-state index in [2.05, 4.69) is 31.2 Å². The lowest BCUT2D eigenvalue weighted by molar-refractivity contribution is 0.550. The SMILES string of the molecule is Cc1c(CNCC(C)C)cnn1Cc1ccc(F)cc1. The number of hydrogen-bond acceptors (Lipinski definition) is 2. The third-order valence-electron chi connectivity index (χ3n) is 3.32. The summed E-state index contributed by atoms with van der Waals surface area (Å²) in [5, 5.41) is 7.84. The number of aromatic nitrogens is 2. The normalized spacial score (nSPS) is 11.2. The van der Waals surface area contributed by atoms with Gasteiger partial charge in [0, 0.05) is 17.8 Å². The Morgan fingerprint density at radius 1 is 1.25 bits per heavy atom. The fourth-order valence-electron chi connectivity index (χ4n) is 2.08. The van der Waals surface area contributed by atoms with E-state index < -0.39 is 0 Å². The second-order valence-electron chi connectivity index (χ2n) is 5.56. The lowest BCUT2D eigenvalue weighted by atomic mass is 10.2. The van der Waals surface area contributed by atoms with Gasteiger partial charge in [-0.25, -0.2) is 4.39 Å². The van der Waals surface area contributed by atoms with Crippen LogP contribution < -0.4 is 5.32 Å². The van der Waals surface area contributed by atoms with Gasteiger partial charge in [-0.1, -0.05) is 26.0 Å². The summed E-state index contributed by atoms with van der Waals surface area (Å²) in [6.07, 6.45) is 1.91. The maximum Gasteiger partial charge on any atom is 0.123 e. The maximum absolute atomic E-state index is 12.9. The topological polar surface area (TPSA) is 29.9 Å². The van der Waals surface area contributed by atoms with Crippen LogP contribution in [0.2, 0.25) is 0 Å². The van der Waals surface area contributed by atoms with E-state index >= 15 is 0 Å². The first-order chi connectivity index (χ1) is 9.56. The first-order valence-electron chi connectivity index (χ1n) is 7.02. The highest BCUT2D eigenvalue weighted by atomic mass is 19.1. The maximum atomic E-state index is 12.9. The molecule has 2 aromatic rings. The van der Waals surface area contributed by atoms with Gasteiger partial charge in [0.05, 0.1) is 12.7 Å². The molecule has 1 heterocycles. The van der Waals surface area contributed by atoms with E-state index in [4.69, 9.17) is 0 Å². The largest absolute Gasteiger partial charge is 0.312 e. The van der Waals surface area contributed by atoms with Crippen LogP contribution in [0.3, 0.4) is 0 Å². The van der Waals surface area contributed by atoms with E-state index in [1.165, 1.54) is 17.7 Å². The van der Waals surface area contributed by atoms with Crippen LogP contribution in [-0.2, 0) is 13.1 Å². The summed E-state index contributed by atoms with van der Waals surface area (Å²) in [5.74, 6) is 0.439. The molecule has 1 aromatic carbocycles. The van der Waals surface area contributed by atoms with Crippen LogP contribution in [0.4, 0.5) is 4.39 Å². The van der Waals surface area contributed by atoms with E-state index in [0.29, 0.717) is 12.5 Å². The Morgan fingerprint density at radius 3 is 2.60 bits per heavy atom. The molecule has 0 saturated carbocycles. The minimum atomic E-state index is -0.204. The highest BCUT2D eigenvalue weighted by Gasteiger charge is 2.07. The van der Waals surface area contributed by atoms with E-state index in [-0.39, 0.29) is 5.82 Å². The number of benzene rings is 1. The van der Waals surface area contributed by atoms with Gasteiger partial charge in [0.2, 0.25) is 0 Å². The molecule has 1 N–H and O–H groups in total. The summed E-state index contributed by atoms with van der Waals surface area (Å²) in [6, 6.07) is 6.57. The van der Waals surface area contributed by atoms with Crippen molar-refractivity contribution in [1.29, 1.82) is 0 Å². The summed E-state index contributed by atoms with van der Waals surface area (Å²) in [5.41, 5.74) is 3.43. The van der Waals surface area contributed by atoms with E-state index in [1.807, 2.05) is 10.9 Å². The Labute approximate surface area is 119 Å². The summed E-state index contributed by atoms with van der Waals surface area (Å²) >= 11 is 0.